The maximum absolute atomic E-state index is 15.1. The Morgan fingerprint density at radius 3 is 2.04 bits per heavy atom. The second-order valence-electron chi connectivity index (χ2n) is 17.3. The number of Topliss-reactive ketones (excluding diaryl/α,β-unsaturated/α-hetero) is 1. The number of fused-ring (bicyclic) bond motifs is 2. The Labute approximate surface area is 340 Å². The van der Waals surface area contributed by atoms with Crippen LogP contribution in [0.25, 0.3) is 0 Å². The van der Waals surface area contributed by atoms with E-state index in [4.69, 9.17) is 23.4 Å². The van der Waals surface area contributed by atoms with Gasteiger partial charge in [0.05, 0.1) is 24.4 Å². The molecule has 0 saturated heterocycles. The molecule has 10 nitrogen and oxygen atoms in total. The van der Waals surface area contributed by atoms with E-state index in [1.54, 1.807) is 51.1 Å². The predicted molar refractivity (Wildman–Crippen MR) is 222 cm³/mol. The van der Waals surface area contributed by atoms with Gasteiger partial charge in [0.15, 0.2) is 11.9 Å². The van der Waals surface area contributed by atoms with Crippen molar-refractivity contribution in [1.29, 1.82) is 0 Å². The third-order valence-corrected chi connectivity index (χ3v) is 18.8. The summed E-state index contributed by atoms with van der Waals surface area (Å²) in [7, 11) is -2.65. The van der Waals surface area contributed by atoms with Gasteiger partial charge in [-0.15, -0.1) is 0 Å². The predicted octanol–water partition coefficient (Wildman–Crippen LogP) is 8.72. The van der Waals surface area contributed by atoms with Crippen LogP contribution in [-0.2, 0) is 44.4 Å². The van der Waals surface area contributed by atoms with Gasteiger partial charge in [0.25, 0.3) is 0 Å². The van der Waals surface area contributed by atoms with Crippen LogP contribution in [0.15, 0.2) is 84.0 Å². The van der Waals surface area contributed by atoms with Crippen molar-refractivity contribution in [3.05, 3.63) is 95.1 Å². The molecule has 4 rings (SSSR count). The van der Waals surface area contributed by atoms with E-state index in [1.165, 1.54) is 6.92 Å². The van der Waals surface area contributed by atoms with Crippen molar-refractivity contribution in [3.8, 4) is 0 Å². The second kappa shape index (κ2) is 18.9. The fraction of sp³-hybridized carbons (Fsp3) is 0.565. The SMILES string of the molecule is C=C([C@@H]1[C@H](C)C(=O)[C@H](OC(C)=O)C2=C(C)[C@@H](O[Si](C(C)C)(C(C)C)C(C)C)C[C@@](O)([C@H]1OC(=O)c1ccccc1)C2(C)C)[C@@H](CC=O)OCOCc1ccccc1. The maximum Gasteiger partial charge on any atom is 0.338 e. The van der Waals surface area contributed by atoms with E-state index in [2.05, 4.69) is 48.1 Å². The summed E-state index contributed by atoms with van der Waals surface area (Å²) in [6.07, 6.45) is -3.98. The zero-order valence-corrected chi connectivity index (χ0v) is 36.7. The Kier molecular flexibility index (Phi) is 15.2. The minimum absolute atomic E-state index is 0.000146. The van der Waals surface area contributed by atoms with Crippen LogP contribution in [0, 0.1) is 17.3 Å². The average Bonchev–Trinajstić information content (AvgIpc) is 3.15. The minimum atomic E-state index is -2.65. The number of carbonyl (C=O) groups excluding carboxylic acids is 4. The zero-order valence-electron chi connectivity index (χ0n) is 35.7. The molecule has 7 atom stereocenters. The van der Waals surface area contributed by atoms with Gasteiger partial charge in [-0.1, -0.05) is 117 Å². The number of hydrogen-bond acceptors (Lipinski definition) is 10. The van der Waals surface area contributed by atoms with Gasteiger partial charge in [0.1, 0.15) is 24.8 Å². The molecule has 1 fully saturated rings. The molecular weight excluding hydrogens is 741 g/mol. The van der Waals surface area contributed by atoms with Crippen LogP contribution >= 0.6 is 0 Å². The summed E-state index contributed by atoms with van der Waals surface area (Å²) in [4.78, 5) is 54.4. The second-order valence-corrected chi connectivity index (χ2v) is 22.7. The molecule has 0 aliphatic heterocycles. The Balaban J connectivity index is 1.95. The zero-order chi connectivity index (χ0) is 42.5. The van der Waals surface area contributed by atoms with E-state index in [0.29, 0.717) is 17.4 Å². The lowest BCUT2D eigenvalue weighted by Crippen LogP contribution is -2.68. The van der Waals surface area contributed by atoms with E-state index in [-0.39, 0.29) is 54.0 Å². The first-order valence-electron chi connectivity index (χ1n) is 20.2. The molecule has 2 aromatic carbocycles. The topological polar surface area (TPSA) is 135 Å². The highest BCUT2D eigenvalue weighted by atomic mass is 28.4. The molecule has 1 N–H and O–H groups in total. The van der Waals surface area contributed by atoms with Crippen LogP contribution in [0.4, 0.5) is 0 Å². The Hall–Kier alpha value is -3.74. The van der Waals surface area contributed by atoms with Gasteiger partial charge >= 0.3 is 11.9 Å². The van der Waals surface area contributed by atoms with Crippen molar-refractivity contribution >= 4 is 32.3 Å². The maximum atomic E-state index is 15.1. The minimum Gasteiger partial charge on any atom is -0.455 e. The van der Waals surface area contributed by atoms with Gasteiger partial charge in [-0.2, -0.15) is 0 Å². The van der Waals surface area contributed by atoms with E-state index in [9.17, 15) is 19.5 Å². The van der Waals surface area contributed by atoms with E-state index >= 15 is 4.79 Å². The van der Waals surface area contributed by atoms with Crippen LogP contribution in [0.5, 0.6) is 0 Å². The van der Waals surface area contributed by atoms with Gasteiger partial charge in [-0.25, -0.2) is 4.79 Å². The third kappa shape index (κ3) is 9.28. The number of hydrogen-bond donors (Lipinski definition) is 1. The molecule has 57 heavy (non-hydrogen) atoms. The molecule has 0 radical (unpaired) electrons. The van der Waals surface area contributed by atoms with Crippen LogP contribution in [-0.4, -0.2) is 74.2 Å². The number of esters is 2. The number of aliphatic hydroxyl groups is 1. The van der Waals surface area contributed by atoms with Gasteiger partial charge < -0.3 is 33.3 Å². The van der Waals surface area contributed by atoms with Crippen LogP contribution in [0.2, 0.25) is 16.6 Å². The molecule has 11 heteroatoms. The molecule has 2 aliphatic carbocycles. The quantitative estimate of drug-likeness (QED) is 0.0413. The third-order valence-electron chi connectivity index (χ3n) is 12.7. The standard InChI is InChI=1S/C46H64O10Si/c1-28(2)57(29(3)4,30(5)6)56-38-25-46(51)43(55-44(50)36-21-17-14-18-22-36)39(31(7)37(23-24-47)53-27-52-26-35-19-15-13-16-20-35)33(9)41(49)42(54-34(10)48)40(32(38)8)45(46,11)12/h13-22,24,28-30,33,37-39,42-43,51H,7,23,25-27H2,1-6,8-12H3/t33-,37+,38-,39+,42+,43-,46+/m0/s1. The highest BCUT2D eigenvalue weighted by Crippen LogP contribution is 2.58. The average molecular weight is 805 g/mol. The lowest BCUT2D eigenvalue weighted by Gasteiger charge is -2.59. The summed E-state index contributed by atoms with van der Waals surface area (Å²) >= 11 is 0. The van der Waals surface area contributed by atoms with Crippen LogP contribution < -0.4 is 0 Å². The molecular formula is C46H64O10Si. The first-order chi connectivity index (χ1) is 26.8. The number of ketones is 1. The first-order valence-corrected chi connectivity index (χ1v) is 22.3. The van der Waals surface area contributed by atoms with Gasteiger partial charge in [-0.05, 0) is 58.0 Å². The van der Waals surface area contributed by atoms with Crippen molar-refractivity contribution in [1.82, 2.24) is 0 Å². The van der Waals surface area contributed by atoms with E-state index in [1.807, 2.05) is 37.3 Å². The molecule has 0 unspecified atom stereocenters. The van der Waals surface area contributed by atoms with Crippen molar-refractivity contribution in [2.45, 2.75) is 142 Å². The highest BCUT2D eigenvalue weighted by Gasteiger charge is 2.66. The first kappa shape index (κ1) is 46.0. The number of benzene rings is 2. The van der Waals surface area contributed by atoms with Gasteiger partial charge in [-0.3, -0.25) is 9.59 Å². The van der Waals surface area contributed by atoms with Crippen molar-refractivity contribution in [2.24, 2.45) is 17.3 Å². The van der Waals surface area contributed by atoms with Crippen LogP contribution in [0.1, 0.15) is 105 Å². The molecule has 2 aromatic rings. The number of carbonyl (C=O) groups is 4. The summed E-state index contributed by atoms with van der Waals surface area (Å²) in [5.74, 6) is -4.00. The molecule has 0 amide bonds. The number of ether oxygens (including phenoxy) is 4. The molecule has 2 bridgehead atoms. The molecule has 312 valence electrons. The van der Waals surface area contributed by atoms with Crippen molar-refractivity contribution in [3.63, 3.8) is 0 Å². The number of rotatable bonds is 17. The monoisotopic (exact) mass is 804 g/mol. The van der Waals surface area contributed by atoms with Crippen molar-refractivity contribution < 1.29 is 47.7 Å². The molecule has 1 saturated carbocycles. The lowest BCUT2D eigenvalue weighted by molar-refractivity contribution is -0.195. The Morgan fingerprint density at radius 2 is 1.51 bits per heavy atom. The summed E-state index contributed by atoms with van der Waals surface area (Å²) in [5, 5.41) is 13.7. The molecule has 2 aliphatic rings. The summed E-state index contributed by atoms with van der Waals surface area (Å²) < 4.78 is 31.9. The van der Waals surface area contributed by atoms with Crippen LogP contribution in [0.3, 0.4) is 0 Å². The van der Waals surface area contributed by atoms with E-state index in [0.717, 1.165) is 5.56 Å². The lowest BCUT2D eigenvalue weighted by atomic mass is 9.53. The fourth-order valence-electron chi connectivity index (χ4n) is 9.72. The summed E-state index contributed by atoms with van der Waals surface area (Å²) in [6, 6.07) is 18.0. The smallest absolute Gasteiger partial charge is 0.338 e. The normalized spacial score (nSPS) is 25.5. The fourth-order valence-corrected chi connectivity index (χ4v) is 15.3. The van der Waals surface area contributed by atoms with Gasteiger partial charge in [0.2, 0.25) is 8.32 Å². The molecule has 0 spiro atoms. The van der Waals surface area contributed by atoms with Gasteiger partial charge in [0, 0.05) is 37.0 Å². The summed E-state index contributed by atoms with van der Waals surface area (Å²) in [5.41, 5.74) is -0.161. The van der Waals surface area contributed by atoms with Crippen molar-refractivity contribution in [2.75, 3.05) is 6.79 Å². The summed E-state index contributed by atoms with van der Waals surface area (Å²) in [6.45, 7) is 25.8. The molecule has 0 heterocycles. The molecule has 0 aromatic heterocycles. The Morgan fingerprint density at radius 1 is 0.947 bits per heavy atom. The number of aldehydes is 1. The highest BCUT2D eigenvalue weighted by molar-refractivity contribution is 6.77. The Bertz CT molecular complexity index is 1750. The van der Waals surface area contributed by atoms with E-state index < -0.39 is 73.3 Å². The largest absolute Gasteiger partial charge is 0.455 e.